The third kappa shape index (κ3) is 6.50. The van der Waals surface area contributed by atoms with E-state index in [0.29, 0.717) is 28.1 Å². The maximum Gasteiger partial charge on any atom is 0.264 e. The van der Waals surface area contributed by atoms with E-state index in [1.54, 1.807) is 24.3 Å². The number of hydrazone groups is 1. The first-order valence-corrected chi connectivity index (χ1v) is 14.6. The molecule has 3 aromatic carbocycles. The second-order valence-corrected chi connectivity index (χ2v) is 11.5. The van der Waals surface area contributed by atoms with Gasteiger partial charge in [-0.05, 0) is 87.5 Å². The summed E-state index contributed by atoms with van der Waals surface area (Å²) in [7, 11) is -4.11. The Balaban J connectivity index is 1.56. The van der Waals surface area contributed by atoms with E-state index in [0.717, 1.165) is 26.9 Å². The number of anilines is 1. The molecule has 0 saturated carbocycles. The van der Waals surface area contributed by atoms with Crippen LogP contribution in [-0.2, 0) is 14.8 Å². The molecular weight excluding hydrogens is 571 g/mol. The fourth-order valence-electron chi connectivity index (χ4n) is 4.19. The van der Waals surface area contributed by atoms with Gasteiger partial charge in [0.25, 0.3) is 15.9 Å². The molecule has 0 radical (unpaired) electrons. The van der Waals surface area contributed by atoms with Gasteiger partial charge in [0.15, 0.2) is 0 Å². The van der Waals surface area contributed by atoms with Crippen LogP contribution in [0, 0.1) is 13.8 Å². The van der Waals surface area contributed by atoms with Gasteiger partial charge in [0, 0.05) is 22.0 Å². The predicted molar refractivity (Wildman–Crippen MR) is 160 cm³/mol. The van der Waals surface area contributed by atoms with Crippen LogP contribution in [0.1, 0.15) is 23.9 Å². The zero-order chi connectivity index (χ0) is 28.9. The Labute approximate surface area is 243 Å². The number of sulfonamides is 1. The van der Waals surface area contributed by atoms with Crippen molar-refractivity contribution in [3.63, 3.8) is 0 Å². The van der Waals surface area contributed by atoms with Crippen LogP contribution >= 0.6 is 23.2 Å². The van der Waals surface area contributed by atoms with Crippen LogP contribution in [0.4, 0.5) is 5.69 Å². The highest BCUT2D eigenvalue weighted by atomic mass is 35.5. The van der Waals surface area contributed by atoms with E-state index in [1.807, 2.05) is 55.7 Å². The first-order valence-electron chi connectivity index (χ1n) is 12.4. The standard InChI is InChI=1S/C29H28Cl2N4O4S/c1-4-39-25-13-11-24(12-14-25)34(40(37,38)26-15-9-23(30)10-16-26)19-29(36)33-32-18-22-17-20(2)35(21(22)3)28-8-6-5-7-27(28)31/h5-18H,4,19H2,1-3H3,(H,33,36)/b32-18-. The topological polar surface area (TPSA) is 93.0 Å². The molecule has 0 aliphatic heterocycles. The molecule has 0 aliphatic rings. The molecule has 1 amide bonds. The summed E-state index contributed by atoms with van der Waals surface area (Å²) in [6, 6.07) is 21.6. The SMILES string of the molecule is CCOc1ccc(N(CC(=O)N/N=C\c2cc(C)n(-c3ccccc3Cl)c2C)S(=O)(=O)c2ccc(Cl)cc2)cc1. The van der Waals surface area contributed by atoms with Crippen molar-refractivity contribution >= 4 is 51.0 Å². The molecule has 0 spiro atoms. The average molecular weight is 600 g/mol. The number of amides is 1. The maximum absolute atomic E-state index is 13.6. The number of para-hydroxylation sites is 1. The van der Waals surface area contributed by atoms with Gasteiger partial charge in [-0.1, -0.05) is 35.3 Å². The number of nitrogens with one attached hydrogen (secondary N) is 1. The van der Waals surface area contributed by atoms with Gasteiger partial charge >= 0.3 is 0 Å². The van der Waals surface area contributed by atoms with Crippen molar-refractivity contribution in [2.24, 2.45) is 5.10 Å². The summed E-state index contributed by atoms with van der Waals surface area (Å²) in [6.45, 7) is 5.68. The van der Waals surface area contributed by atoms with Gasteiger partial charge in [0.2, 0.25) is 0 Å². The molecule has 4 aromatic rings. The Kier molecular flexibility index (Phi) is 9.19. The van der Waals surface area contributed by atoms with E-state index in [1.165, 1.54) is 30.5 Å². The highest BCUT2D eigenvalue weighted by Crippen LogP contribution is 2.27. The highest BCUT2D eigenvalue weighted by Gasteiger charge is 2.27. The fourth-order valence-corrected chi connectivity index (χ4v) is 5.95. The molecule has 0 fully saturated rings. The Morgan fingerprint density at radius 3 is 2.35 bits per heavy atom. The van der Waals surface area contributed by atoms with Gasteiger partial charge in [-0.3, -0.25) is 9.10 Å². The molecule has 1 N–H and O–H groups in total. The highest BCUT2D eigenvalue weighted by molar-refractivity contribution is 7.92. The summed E-state index contributed by atoms with van der Waals surface area (Å²) in [5.74, 6) is -0.0406. The number of carbonyl (C=O) groups is 1. The van der Waals surface area contributed by atoms with Crippen LogP contribution in [0.5, 0.6) is 5.75 Å². The van der Waals surface area contributed by atoms with Crippen LogP contribution in [-0.4, -0.2) is 38.3 Å². The van der Waals surface area contributed by atoms with Crippen molar-refractivity contribution in [3.8, 4) is 11.4 Å². The van der Waals surface area contributed by atoms with E-state index in [9.17, 15) is 13.2 Å². The lowest BCUT2D eigenvalue weighted by Crippen LogP contribution is -2.39. The normalized spacial score (nSPS) is 11.5. The lowest BCUT2D eigenvalue weighted by atomic mass is 10.2. The van der Waals surface area contributed by atoms with Crippen molar-refractivity contribution in [3.05, 3.63) is 106 Å². The fraction of sp³-hybridized carbons (Fsp3) is 0.172. The summed E-state index contributed by atoms with van der Waals surface area (Å²) in [4.78, 5) is 12.9. The molecular formula is C29H28Cl2N4O4S. The summed E-state index contributed by atoms with van der Waals surface area (Å²) >= 11 is 12.3. The molecule has 0 aliphatic carbocycles. The van der Waals surface area contributed by atoms with Crippen LogP contribution in [0.15, 0.2) is 88.9 Å². The zero-order valence-electron chi connectivity index (χ0n) is 22.1. The molecule has 1 heterocycles. The summed E-state index contributed by atoms with van der Waals surface area (Å²) in [5.41, 5.74) is 6.16. The Morgan fingerprint density at radius 1 is 1.02 bits per heavy atom. The number of benzene rings is 3. The van der Waals surface area contributed by atoms with Crippen LogP contribution in [0.3, 0.4) is 0 Å². The van der Waals surface area contributed by atoms with Gasteiger partial charge in [0.1, 0.15) is 12.3 Å². The Bertz CT molecular complexity index is 1630. The minimum atomic E-state index is -4.11. The second-order valence-electron chi connectivity index (χ2n) is 8.80. The molecule has 0 atom stereocenters. The first kappa shape index (κ1) is 29.2. The minimum absolute atomic E-state index is 0.00546. The number of nitrogens with zero attached hydrogens (tertiary/aromatic N) is 3. The molecule has 4 rings (SSSR count). The molecule has 0 bridgehead atoms. The van der Waals surface area contributed by atoms with Crippen LogP contribution in [0.2, 0.25) is 10.0 Å². The third-order valence-electron chi connectivity index (χ3n) is 6.08. The summed E-state index contributed by atoms with van der Waals surface area (Å²) in [6.07, 6.45) is 1.52. The molecule has 40 heavy (non-hydrogen) atoms. The smallest absolute Gasteiger partial charge is 0.264 e. The Morgan fingerprint density at radius 2 is 1.70 bits per heavy atom. The third-order valence-corrected chi connectivity index (χ3v) is 8.44. The zero-order valence-corrected chi connectivity index (χ0v) is 24.5. The van der Waals surface area contributed by atoms with E-state index in [2.05, 4.69) is 10.5 Å². The molecule has 1 aromatic heterocycles. The molecule has 0 unspecified atom stereocenters. The molecule has 0 saturated heterocycles. The van der Waals surface area contributed by atoms with Crippen molar-refractivity contribution in [1.82, 2.24) is 9.99 Å². The quantitative estimate of drug-likeness (QED) is 0.175. The van der Waals surface area contributed by atoms with E-state index >= 15 is 0 Å². The molecule has 11 heteroatoms. The van der Waals surface area contributed by atoms with Gasteiger partial charge in [-0.2, -0.15) is 5.10 Å². The van der Waals surface area contributed by atoms with E-state index < -0.39 is 22.5 Å². The largest absolute Gasteiger partial charge is 0.494 e. The first-order chi connectivity index (χ1) is 19.1. The predicted octanol–water partition coefficient (Wildman–Crippen LogP) is 6.15. The Hall–Kier alpha value is -3.79. The summed E-state index contributed by atoms with van der Waals surface area (Å²) < 4.78 is 35.6. The number of aromatic nitrogens is 1. The monoisotopic (exact) mass is 598 g/mol. The van der Waals surface area contributed by atoms with Crippen LogP contribution in [0.25, 0.3) is 5.69 Å². The lowest BCUT2D eigenvalue weighted by Gasteiger charge is -2.24. The van der Waals surface area contributed by atoms with Crippen molar-refractivity contribution in [2.75, 3.05) is 17.5 Å². The number of aryl methyl sites for hydroxylation is 1. The van der Waals surface area contributed by atoms with Gasteiger partial charge < -0.3 is 9.30 Å². The lowest BCUT2D eigenvalue weighted by molar-refractivity contribution is -0.119. The number of ether oxygens (including phenoxy) is 1. The van der Waals surface area contributed by atoms with Gasteiger partial charge in [-0.25, -0.2) is 13.8 Å². The number of hydrogen-bond donors (Lipinski definition) is 1. The van der Waals surface area contributed by atoms with Crippen LogP contribution < -0.4 is 14.5 Å². The summed E-state index contributed by atoms with van der Waals surface area (Å²) in [5, 5.41) is 5.10. The van der Waals surface area contributed by atoms with E-state index in [4.69, 9.17) is 27.9 Å². The van der Waals surface area contributed by atoms with Crippen molar-refractivity contribution in [2.45, 2.75) is 25.7 Å². The van der Waals surface area contributed by atoms with Gasteiger partial charge in [0.05, 0.1) is 34.1 Å². The number of carbonyl (C=O) groups excluding carboxylic acids is 1. The van der Waals surface area contributed by atoms with Crippen molar-refractivity contribution in [1.29, 1.82) is 0 Å². The molecule has 208 valence electrons. The van der Waals surface area contributed by atoms with Gasteiger partial charge in [-0.15, -0.1) is 0 Å². The molecule has 8 nitrogen and oxygen atoms in total. The average Bonchev–Trinajstić information content (AvgIpc) is 3.21. The van der Waals surface area contributed by atoms with Crippen molar-refractivity contribution < 1.29 is 17.9 Å². The number of hydrogen-bond acceptors (Lipinski definition) is 5. The van der Waals surface area contributed by atoms with E-state index in [-0.39, 0.29) is 4.90 Å². The minimum Gasteiger partial charge on any atom is -0.494 e. The second kappa shape index (κ2) is 12.6. The maximum atomic E-state index is 13.6. The number of halogens is 2. The number of rotatable bonds is 10.